The number of nitrogens with one attached hydrogen (secondary N) is 2. The molecular weight excluding hydrogens is 542 g/mol. The van der Waals surface area contributed by atoms with Gasteiger partial charge in [-0.1, -0.05) is 51.0 Å². The van der Waals surface area contributed by atoms with E-state index in [1.165, 1.54) is 24.0 Å². The number of amides is 1. The van der Waals surface area contributed by atoms with E-state index in [2.05, 4.69) is 77.1 Å². The SMILES string of the molecule is CC.CCNc1ccc(C(CC(=O)NC2CCCC2)c2ccc(C)c(CN3CCOc4ncccc4S3)c2)c(C)c1N. The van der Waals surface area contributed by atoms with Crippen LogP contribution in [0.1, 0.15) is 86.6 Å². The van der Waals surface area contributed by atoms with E-state index < -0.39 is 0 Å². The van der Waals surface area contributed by atoms with Crippen LogP contribution < -0.4 is 21.1 Å². The van der Waals surface area contributed by atoms with E-state index in [9.17, 15) is 4.79 Å². The molecule has 1 atom stereocenters. The first-order valence-corrected chi connectivity index (χ1v) is 16.2. The van der Waals surface area contributed by atoms with Gasteiger partial charge in [0.25, 0.3) is 0 Å². The lowest BCUT2D eigenvalue weighted by atomic mass is 9.83. The zero-order chi connectivity index (χ0) is 30.1. The molecule has 2 aliphatic rings. The minimum absolute atomic E-state index is 0.0937. The zero-order valence-electron chi connectivity index (χ0n) is 25.8. The molecule has 2 heterocycles. The number of nitrogen functional groups attached to an aromatic ring is 1. The minimum Gasteiger partial charge on any atom is -0.475 e. The second kappa shape index (κ2) is 15.3. The molecule has 42 heavy (non-hydrogen) atoms. The number of hydrogen-bond acceptors (Lipinski definition) is 7. The second-order valence-electron chi connectivity index (χ2n) is 10.9. The summed E-state index contributed by atoms with van der Waals surface area (Å²) >= 11 is 1.69. The van der Waals surface area contributed by atoms with Crippen LogP contribution >= 0.6 is 11.9 Å². The van der Waals surface area contributed by atoms with Gasteiger partial charge in [0.05, 0.1) is 16.3 Å². The third kappa shape index (κ3) is 7.78. The molecule has 1 aliphatic heterocycles. The molecule has 1 aromatic heterocycles. The highest BCUT2D eigenvalue weighted by atomic mass is 32.2. The van der Waals surface area contributed by atoms with Crippen molar-refractivity contribution >= 4 is 29.2 Å². The van der Waals surface area contributed by atoms with Crippen LogP contribution in [0.15, 0.2) is 53.6 Å². The maximum absolute atomic E-state index is 13.4. The molecular formula is C34H47N5O2S. The van der Waals surface area contributed by atoms with Gasteiger partial charge in [0.15, 0.2) is 0 Å². The third-order valence-corrected chi connectivity index (χ3v) is 9.15. The molecule has 4 N–H and O–H groups in total. The number of hydrogen-bond donors (Lipinski definition) is 3. The Morgan fingerprint density at radius 3 is 2.71 bits per heavy atom. The van der Waals surface area contributed by atoms with Crippen molar-refractivity contribution in [3.63, 3.8) is 0 Å². The Hall–Kier alpha value is -3.23. The summed E-state index contributed by atoms with van der Waals surface area (Å²) in [5.74, 6) is 0.712. The lowest BCUT2D eigenvalue weighted by molar-refractivity contribution is -0.122. The summed E-state index contributed by atoms with van der Waals surface area (Å²) in [6.07, 6.45) is 6.69. The van der Waals surface area contributed by atoms with Gasteiger partial charge in [-0.3, -0.25) is 4.79 Å². The summed E-state index contributed by atoms with van der Waals surface area (Å²) in [6, 6.07) is 15.1. The van der Waals surface area contributed by atoms with Gasteiger partial charge in [0.1, 0.15) is 6.61 Å². The Bertz CT molecular complexity index is 1340. The molecule has 1 fully saturated rings. The van der Waals surface area contributed by atoms with Crippen molar-refractivity contribution in [2.24, 2.45) is 0 Å². The van der Waals surface area contributed by atoms with Crippen molar-refractivity contribution in [2.75, 3.05) is 30.7 Å². The highest BCUT2D eigenvalue weighted by Crippen LogP contribution is 2.38. The van der Waals surface area contributed by atoms with Crippen LogP contribution in [-0.2, 0) is 11.3 Å². The Balaban J connectivity index is 0.00000198. The normalized spacial score (nSPS) is 15.9. The Kier molecular flexibility index (Phi) is 11.5. The Morgan fingerprint density at radius 1 is 1.17 bits per heavy atom. The van der Waals surface area contributed by atoms with E-state index in [4.69, 9.17) is 10.5 Å². The average molecular weight is 590 g/mol. The van der Waals surface area contributed by atoms with E-state index in [0.717, 1.165) is 65.4 Å². The molecule has 0 radical (unpaired) electrons. The highest BCUT2D eigenvalue weighted by molar-refractivity contribution is 7.97. The highest BCUT2D eigenvalue weighted by Gasteiger charge is 2.25. The molecule has 0 bridgehead atoms. The largest absolute Gasteiger partial charge is 0.475 e. The maximum atomic E-state index is 13.4. The molecule has 0 spiro atoms. The number of aromatic nitrogens is 1. The second-order valence-corrected chi connectivity index (χ2v) is 12.0. The zero-order valence-corrected chi connectivity index (χ0v) is 26.7. The minimum atomic E-state index is -0.0937. The van der Waals surface area contributed by atoms with Crippen molar-refractivity contribution < 1.29 is 9.53 Å². The standard InChI is InChI=1S/C32H41N5O2S.C2H6/c1-4-34-28-14-13-26(22(3)31(28)33)27(19-30(38)36-25-8-5-6-9-25)23-12-11-21(2)24(18-23)20-37-16-17-39-32-29(40-37)10-7-15-35-32;1-2/h7,10-15,18,25,27,34H,4-6,8-9,16-17,19-20,33H2,1-3H3,(H,36,38);1-2H3. The summed E-state index contributed by atoms with van der Waals surface area (Å²) in [4.78, 5) is 18.8. The Morgan fingerprint density at radius 2 is 1.95 bits per heavy atom. The molecule has 226 valence electrons. The van der Waals surface area contributed by atoms with Crippen LogP contribution in [0.2, 0.25) is 0 Å². The van der Waals surface area contributed by atoms with Gasteiger partial charge in [-0.05, 0) is 91.6 Å². The number of nitrogens with two attached hydrogens (primary N) is 1. The molecule has 1 aliphatic carbocycles. The van der Waals surface area contributed by atoms with Gasteiger partial charge in [0, 0.05) is 44.2 Å². The van der Waals surface area contributed by atoms with Gasteiger partial charge in [-0.15, -0.1) is 0 Å². The molecule has 0 saturated heterocycles. The third-order valence-electron chi connectivity index (χ3n) is 8.07. The summed E-state index contributed by atoms with van der Waals surface area (Å²) in [7, 11) is 0. The monoisotopic (exact) mass is 589 g/mol. The van der Waals surface area contributed by atoms with Crippen LogP contribution in [-0.4, -0.2) is 40.9 Å². The number of anilines is 2. The Labute approximate surface area is 256 Å². The van der Waals surface area contributed by atoms with Crippen molar-refractivity contribution in [3.05, 3.63) is 76.5 Å². The fourth-order valence-electron chi connectivity index (χ4n) is 5.78. The van der Waals surface area contributed by atoms with Crippen LogP contribution in [0.3, 0.4) is 0 Å². The quantitative estimate of drug-likeness (QED) is 0.179. The van der Waals surface area contributed by atoms with Crippen LogP contribution in [0.4, 0.5) is 11.4 Å². The topological polar surface area (TPSA) is 92.5 Å². The first-order chi connectivity index (χ1) is 20.4. The van der Waals surface area contributed by atoms with Gasteiger partial charge < -0.3 is 21.1 Å². The fraction of sp³-hybridized carbons (Fsp3) is 0.471. The number of carbonyl (C=O) groups is 1. The molecule has 8 heteroatoms. The first kappa shape index (κ1) is 31.7. The van der Waals surface area contributed by atoms with Crippen LogP contribution in [0.25, 0.3) is 0 Å². The van der Waals surface area contributed by atoms with Gasteiger partial charge >= 0.3 is 0 Å². The maximum Gasteiger partial charge on any atom is 0.228 e. The van der Waals surface area contributed by atoms with E-state index in [0.29, 0.717) is 24.9 Å². The van der Waals surface area contributed by atoms with Crippen LogP contribution in [0, 0.1) is 13.8 Å². The fourth-order valence-corrected chi connectivity index (χ4v) is 6.76. The number of benzene rings is 2. The van der Waals surface area contributed by atoms with Crippen molar-refractivity contribution in [3.8, 4) is 5.88 Å². The summed E-state index contributed by atoms with van der Waals surface area (Å²) in [5.41, 5.74) is 14.0. The first-order valence-electron chi connectivity index (χ1n) is 15.4. The van der Waals surface area contributed by atoms with E-state index in [1.807, 2.05) is 19.9 Å². The predicted molar refractivity (Wildman–Crippen MR) is 175 cm³/mol. The van der Waals surface area contributed by atoms with E-state index >= 15 is 0 Å². The van der Waals surface area contributed by atoms with Gasteiger partial charge in [-0.2, -0.15) is 0 Å². The average Bonchev–Trinajstić information content (AvgIpc) is 3.42. The molecule has 3 aromatic rings. The van der Waals surface area contributed by atoms with E-state index in [-0.39, 0.29) is 11.8 Å². The lowest BCUT2D eigenvalue weighted by Gasteiger charge is -2.25. The molecule has 2 aromatic carbocycles. The number of ether oxygens (including phenoxy) is 1. The summed E-state index contributed by atoms with van der Waals surface area (Å²) in [6.45, 7) is 13.2. The predicted octanol–water partition coefficient (Wildman–Crippen LogP) is 7.22. The van der Waals surface area contributed by atoms with Crippen molar-refractivity contribution in [2.45, 2.75) is 90.1 Å². The molecule has 1 amide bonds. The van der Waals surface area contributed by atoms with Crippen molar-refractivity contribution in [1.29, 1.82) is 0 Å². The lowest BCUT2D eigenvalue weighted by Crippen LogP contribution is -2.33. The van der Waals surface area contributed by atoms with E-state index in [1.54, 1.807) is 18.1 Å². The number of aryl methyl sites for hydroxylation is 1. The molecule has 7 nitrogen and oxygen atoms in total. The molecule has 5 rings (SSSR count). The summed E-state index contributed by atoms with van der Waals surface area (Å²) < 4.78 is 8.21. The molecule has 1 saturated carbocycles. The number of rotatable bonds is 9. The van der Waals surface area contributed by atoms with Gasteiger partial charge in [0.2, 0.25) is 11.8 Å². The number of fused-ring (bicyclic) bond motifs is 1. The van der Waals surface area contributed by atoms with Crippen LogP contribution in [0.5, 0.6) is 5.88 Å². The smallest absolute Gasteiger partial charge is 0.228 e. The summed E-state index contributed by atoms with van der Waals surface area (Å²) in [5, 5.41) is 6.67. The van der Waals surface area contributed by atoms with Gasteiger partial charge in [-0.25, -0.2) is 9.29 Å². The van der Waals surface area contributed by atoms with Crippen molar-refractivity contribution in [1.82, 2.24) is 14.6 Å². The molecule has 1 unspecified atom stereocenters. The number of carbonyl (C=O) groups excluding carboxylic acids is 1. The number of nitrogens with zero attached hydrogens (tertiary/aromatic N) is 2. The number of pyridine rings is 1.